The number of carboxylic acids is 1. The fourth-order valence-corrected chi connectivity index (χ4v) is 2.23. The van der Waals surface area contributed by atoms with E-state index in [1.54, 1.807) is 24.4 Å². The molecule has 1 aromatic heterocycles. The van der Waals surface area contributed by atoms with Gasteiger partial charge in [-0.05, 0) is 46.3 Å². The molecule has 98 valence electrons. The average molecular weight is 321 g/mol. The van der Waals surface area contributed by atoms with Crippen molar-refractivity contribution < 1.29 is 9.90 Å². The van der Waals surface area contributed by atoms with Crippen LogP contribution in [0, 0.1) is 0 Å². The Morgan fingerprint density at radius 2 is 2.16 bits per heavy atom. The number of halogens is 1. The first-order valence-corrected chi connectivity index (χ1v) is 6.63. The summed E-state index contributed by atoms with van der Waals surface area (Å²) in [5.41, 5.74) is 2.17. The largest absolute Gasteiger partial charge is 0.478 e. The molecule has 0 saturated carbocycles. The summed E-state index contributed by atoms with van der Waals surface area (Å²) < 4.78 is 0.572. The molecule has 0 spiro atoms. The number of nitrogens with zero attached hydrogens (tertiary/aromatic N) is 1. The lowest BCUT2D eigenvalue weighted by Gasteiger charge is -2.07. The molecule has 5 heteroatoms. The monoisotopic (exact) mass is 320 g/mol. The van der Waals surface area contributed by atoms with Gasteiger partial charge in [0.25, 0.3) is 0 Å². The van der Waals surface area contributed by atoms with Gasteiger partial charge in [-0.25, -0.2) is 4.79 Å². The summed E-state index contributed by atoms with van der Waals surface area (Å²) in [6, 6.07) is 10.9. The van der Waals surface area contributed by atoms with E-state index in [0.717, 1.165) is 24.3 Å². The second-order valence-corrected chi connectivity index (χ2v) is 4.85. The number of carbonyl (C=O) groups is 1. The number of pyridine rings is 1. The highest BCUT2D eigenvalue weighted by atomic mass is 79.9. The van der Waals surface area contributed by atoms with Crippen molar-refractivity contribution in [2.45, 2.75) is 6.42 Å². The van der Waals surface area contributed by atoms with E-state index in [9.17, 15) is 4.79 Å². The molecule has 0 radical (unpaired) electrons. The molecule has 0 saturated heterocycles. The summed E-state index contributed by atoms with van der Waals surface area (Å²) in [5.74, 6) is -0.938. The summed E-state index contributed by atoms with van der Waals surface area (Å²) in [6.45, 7) is 0.746. The number of aromatic nitrogens is 1. The molecule has 0 fully saturated rings. The van der Waals surface area contributed by atoms with Gasteiger partial charge in [0.2, 0.25) is 0 Å². The van der Waals surface area contributed by atoms with E-state index in [0.29, 0.717) is 4.47 Å². The van der Waals surface area contributed by atoms with Crippen molar-refractivity contribution in [3.8, 4) is 0 Å². The van der Waals surface area contributed by atoms with Crippen molar-refractivity contribution in [1.29, 1.82) is 0 Å². The minimum Gasteiger partial charge on any atom is -0.478 e. The molecule has 19 heavy (non-hydrogen) atoms. The Bertz CT molecular complexity index is 573. The quantitative estimate of drug-likeness (QED) is 0.888. The summed E-state index contributed by atoms with van der Waals surface area (Å²) >= 11 is 3.25. The van der Waals surface area contributed by atoms with Gasteiger partial charge in [0, 0.05) is 35.0 Å². The van der Waals surface area contributed by atoms with Crippen molar-refractivity contribution in [2.24, 2.45) is 0 Å². The maximum absolute atomic E-state index is 10.9. The third-order valence-electron chi connectivity index (χ3n) is 2.64. The number of aromatic carboxylic acids is 1. The standard InChI is InChI=1S/C14H13BrN2O2/c15-13-9-11(4-5-12(13)14(18)19)17-8-6-10-3-1-2-7-16-10/h1-5,7,9,17H,6,8H2,(H,18,19). The maximum Gasteiger partial charge on any atom is 0.336 e. The smallest absolute Gasteiger partial charge is 0.336 e. The van der Waals surface area contributed by atoms with E-state index >= 15 is 0 Å². The molecule has 0 amide bonds. The van der Waals surface area contributed by atoms with Gasteiger partial charge in [-0.2, -0.15) is 0 Å². The van der Waals surface area contributed by atoms with Crippen molar-refractivity contribution in [3.63, 3.8) is 0 Å². The van der Waals surface area contributed by atoms with Crippen LogP contribution in [0.1, 0.15) is 16.1 Å². The summed E-state index contributed by atoms with van der Waals surface area (Å²) in [6.07, 6.45) is 2.59. The lowest BCUT2D eigenvalue weighted by molar-refractivity contribution is 0.0696. The molecule has 2 N–H and O–H groups in total. The Labute approximate surface area is 119 Å². The Hall–Kier alpha value is -1.88. The molecule has 0 atom stereocenters. The second kappa shape index (κ2) is 6.33. The first kappa shape index (κ1) is 13.5. The van der Waals surface area contributed by atoms with E-state index in [4.69, 9.17) is 5.11 Å². The minimum absolute atomic E-state index is 0.260. The van der Waals surface area contributed by atoms with Crippen molar-refractivity contribution >= 4 is 27.6 Å². The lowest BCUT2D eigenvalue weighted by atomic mass is 10.2. The molecule has 2 aromatic rings. The Morgan fingerprint density at radius 1 is 1.32 bits per heavy atom. The number of benzene rings is 1. The Kier molecular flexibility index (Phi) is 4.52. The van der Waals surface area contributed by atoms with E-state index in [-0.39, 0.29) is 5.56 Å². The molecule has 0 aliphatic heterocycles. The van der Waals surface area contributed by atoms with Crippen LogP contribution in [0.3, 0.4) is 0 Å². The fourth-order valence-electron chi connectivity index (χ4n) is 1.68. The van der Waals surface area contributed by atoms with Crippen LogP contribution < -0.4 is 5.32 Å². The molecule has 2 rings (SSSR count). The lowest BCUT2D eigenvalue weighted by Crippen LogP contribution is -2.06. The number of nitrogens with one attached hydrogen (secondary N) is 1. The minimum atomic E-state index is -0.938. The number of hydrogen-bond acceptors (Lipinski definition) is 3. The molecule has 0 unspecified atom stereocenters. The molecule has 1 heterocycles. The molecule has 0 bridgehead atoms. The van der Waals surface area contributed by atoms with Crippen LogP contribution in [0.5, 0.6) is 0 Å². The van der Waals surface area contributed by atoms with Gasteiger partial charge >= 0.3 is 5.97 Å². The van der Waals surface area contributed by atoms with Crippen LogP contribution in [0.15, 0.2) is 47.1 Å². The highest BCUT2D eigenvalue weighted by molar-refractivity contribution is 9.10. The fraction of sp³-hybridized carbons (Fsp3) is 0.143. The number of carboxylic acid groups (broad SMARTS) is 1. The maximum atomic E-state index is 10.9. The normalized spacial score (nSPS) is 10.2. The van der Waals surface area contributed by atoms with E-state index < -0.39 is 5.97 Å². The van der Waals surface area contributed by atoms with Crippen LogP contribution in [-0.2, 0) is 6.42 Å². The highest BCUT2D eigenvalue weighted by Crippen LogP contribution is 2.21. The third-order valence-corrected chi connectivity index (χ3v) is 3.29. The van der Waals surface area contributed by atoms with Crippen LogP contribution in [0.4, 0.5) is 5.69 Å². The number of hydrogen-bond donors (Lipinski definition) is 2. The predicted octanol–water partition coefficient (Wildman–Crippen LogP) is 3.20. The zero-order valence-electron chi connectivity index (χ0n) is 10.1. The van der Waals surface area contributed by atoms with Gasteiger partial charge in [-0.3, -0.25) is 4.98 Å². The van der Waals surface area contributed by atoms with Gasteiger partial charge < -0.3 is 10.4 Å². The van der Waals surface area contributed by atoms with Gasteiger partial charge in [0.15, 0.2) is 0 Å². The van der Waals surface area contributed by atoms with Crippen LogP contribution >= 0.6 is 15.9 Å². The van der Waals surface area contributed by atoms with Crippen LogP contribution in [0.25, 0.3) is 0 Å². The van der Waals surface area contributed by atoms with Crippen molar-refractivity contribution in [1.82, 2.24) is 4.98 Å². The number of rotatable bonds is 5. The molecular weight excluding hydrogens is 308 g/mol. The van der Waals surface area contributed by atoms with Crippen molar-refractivity contribution in [2.75, 3.05) is 11.9 Å². The van der Waals surface area contributed by atoms with Gasteiger partial charge in [0.1, 0.15) is 0 Å². The average Bonchev–Trinajstić information content (AvgIpc) is 2.39. The second-order valence-electron chi connectivity index (χ2n) is 4.00. The zero-order chi connectivity index (χ0) is 13.7. The van der Waals surface area contributed by atoms with E-state index in [1.807, 2.05) is 18.2 Å². The topological polar surface area (TPSA) is 62.2 Å². The summed E-state index contributed by atoms with van der Waals surface area (Å²) in [5, 5.41) is 12.2. The molecule has 0 aliphatic carbocycles. The molecule has 0 aliphatic rings. The SMILES string of the molecule is O=C(O)c1ccc(NCCc2ccccn2)cc1Br. The van der Waals surface area contributed by atoms with Gasteiger partial charge in [0.05, 0.1) is 5.56 Å². The summed E-state index contributed by atoms with van der Waals surface area (Å²) in [7, 11) is 0. The first-order valence-electron chi connectivity index (χ1n) is 5.83. The Balaban J connectivity index is 1.93. The van der Waals surface area contributed by atoms with Gasteiger partial charge in [-0.1, -0.05) is 6.07 Å². The van der Waals surface area contributed by atoms with E-state index in [2.05, 4.69) is 26.2 Å². The molecular formula is C14H13BrN2O2. The Morgan fingerprint density at radius 3 is 2.79 bits per heavy atom. The van der Waals surface area contributed by atoms with Crippen LogP contribution in [0.2, 0.25) is 0 Å². The van der Waals surface area contributed by atoms with Gasteiger partial charge in [-0.15, -0.1) is 0 Å². The highest BCUT2D eigenvalue weighted by Gasteiger charge is 2.08. The summed E-state index contributed by atoms with van der Waals surface area (Å²) in [4.78, 5) is 15.1. The molecule has 1 aromatic carbocycles. The zero-order valence-corrected chi connectivity index (χ0v) is 11.7. The number of anilines is 1. The first-order chi connectivity index (χ1) is 9.16. The predicted molar refractivity (Wildman–Crippen MR) is 77.5 cm³/mol. The van der Waals surface area contributed by atoms with E-state index in [1.165, 1.54) is 0 Å². The van der Waals surface area contributed by atoms with Crippen LogP contribution in [-0.4, -0.2) is 22.6 Å². The van der Waals surface area contributed by atoms with Crippen molar-refractivity contribution in [3.05, 3.63) is 58.3 Å². The molecule has 4 nitrogen and oxygen atoms in total. The third kappa shape index (κ3) is 3.79.